The van der Waals surface area contributed by atoms with Crippen LogP contribution < -0.4 is 4.74 Å². The summed E-state index contributed by atoms with van der Waals surface area (Å²) in [6.45, 7) is 6.28. The van der Waals surface area contributed by atoms with E-state index in [0.717, 1.165) is 22.3 Å². The van der Waals surface area contributed by atoms with E-state index in [0.29, 0.717) is 12.3 Å². The predicted octanol–water partition coefficient (Wildman–Crippen LogP) is 3.26. The van der Waals surface area contributed by atoms with E-state index in [9.17, 15) is 0 Å². The normalized spacial score (nSPS) is 9.81. The summed E-state index contributed by atoms with van der Waals surface area (Å²) in [5, 5.41) is 9.40. The highest BCUT2D eigenvalue weighted by atomic mass is 32.2. The van der Waals surface area contributed by atoms with Crippen LogP contribution in [0.15, 0.2) is 42.1 Å². The Balaban J connectivity index is 2.42. The van der Waals surface area contributed by atoms with Crippen LogP contribution in [-0.4, -0.2) is 27.6 Å². The number of methoxy groups -OCH3 is 1. The zero-order valence-electron chi connectivity index (χ0n) is 12.2. The Morgan fingerprint density at radius 3 is 2.90 bits per heavy atom. The Morgan fingerprint density at radius 1 is 1.38 bits per heavy atom. The third kappa shape index (κ3) is 3.47. The quantitative estimate of drug-likeness (QED) is 0.466. The maximum atomic E-state index is 5.40. The Kier molecular flexibility index (Phi) is 5.47. The van der Waals surface area contributed by atoms with Crippen molar-refractivity contribution in [3.05, 3.63) is 36.9 Å². The molecule has 1 heterocycles. The molecule has 1 aromatic carbocycles. The van der Waals surface area contributed by atoms with Crippen molar-refractivity contribution in [2.45, 2.75) is 18.6 Å². The number of rotatable bonds is 6. The molecule has 0 aliphatic rings. The van der Waals surface area contributed by atoms with Crippen molar-refractivity contribution in [3.63, 3.8) is 0 Å². The van der Waals surface area contributed by atoms with Gasteiger partial charge in [-0.2, -0.15) is 0 Å². The summed E-state index contributed by atoms with van der Waals surface area (Å²) in [6, 6.07) is 7.78. The third-order valence-electron chi connectivity index (χ3n) is 2.83. The SMILES string of the molecule is C=CCn1c(SCC#CC)nnc1-c1ccccc1OC. The van der Waals surface area contributed by atoms with Crippen LogP contribution in [0.3, 0.4) is 0 Å². The molecule has 108 valence electrons. The van der Waals surface area contributed by atoms with Gasteiger partial charge in [-0.25, -0.2) is 0 Å². The van der Waals surface area contributed by atoms with E-state index in [-0.39, 0.29) is 0 Å². The van der Waals surface area contributed by atoms with Crippen molar-refractivity contribution in [1.82, 2.24) is 14.8 Å². The summed E-state index contributed by atoms with van der Waals surface area (Å²) < 4.78 is 7.43. The third-order valence-corrected chi connectivity index (χ3v) is 3.68. The lowest BCUT2D eigenvalue weighted by atomic mass is 10.2. The van der Waals surface area contributed by atoms with Crippen molar-refractivity contribution in [2.24, 2.45) is 0 Å². The topological polar surface area (TPSA) is 39.9 Å². The summed E-state index contributed by atoms with van der Waals surface area (Å²) in [7, 11) is 1.65. The highest BCUT2D eigenvalue weighted by molar-refractivity contribution is 7.99. The molecule has 0 bridgehead atoms. The van der Waals surface area contributed by atoms with E-state index in [1.165, 1.54) is 0 Å². The minimum atomic E-state index is 0.641. The molecule has 2 rings (SSSR count). The first-order valence-corrected chi connectivity index (χ1v) is 7.50. The zero-order valence-corrected chi connectivity index (χ0v) is 13.0. The minimum absolute atomic E-state index is 0.641. The highest BCUT2D eigenvalue weighted by Gasteiger charge is 2.16. The molecule has 4 nitrogen and oxygen atoms in total. The number of allylic oxidation sites excluding steroid dienone is 1. The van der Waals surface area contributed by atoms with Crippen LogP contribution in [0.4, 0.5) is 0 Å². The van der Waals surface area contributed by atoms with Crippen LogP contribution in [0, 0.1) is 11.8 Å². The van der Waals surface area contributed by atoms with Gasteiger partial charge in [-0.3, -0.25) is 4.57 Å². The summed E-state index contributed by atoms with van der Waals surface area (Å²) in [4.78, 5) is 0. The van der Waals surface area contributed by atoms with Gasteiger partial charge >= 0.3 is 0 Å². The molecule has 0 fully saturated rings. The first-order valence-electron chi connectivity index (χ1n) is 6.51. The molecular formula is C16H17N3OS. The van der Waals surface area contributed by atoms with E-state index in [2.05, 4.69) is 28.6 Å². The van der Waals surface area contributed by atoms with Gasteiger partial charge in [0.1, 0.15) is 5.75 Å². The maximum absolute atomic E-state index is 5.40. The van der Waals surface area contributed by atoms with Crippen LogP contribution >= 0.6 is 11.8 Å². The molecule has 1 aromatic heterocycles. The summed E-state index contributed by atoms with van der Waals surface area (Å²) >= 11 is 1.57. The zero-order chi connectivity index (χ0) is 15.1. The van der Waals surface area contributed by atoms with E-state index in [1.807, 2.05) is 41.8 Å². The van der Waals surface area contributed by atoms with Gasteiger partial charge in [0.25, 0.3) is 0 Å². The largest absolute Gasteiger partial charge is 0.496 e. The van der Waals surface area contributed by atoms with E-state index >= 15 is 0 Å². The van der Waals surface area contributed by atoms with Gasteiger partial charge in [0.2, 0.25) is 0 Å². The molecule has 5 heteroatoms. The summed E-state index contributed by atoms with van der Waals surface area (Å²) in [5.74, 6) is 8.14. The fourth-order valence-corrected chi connectivity index (χ4v) is 2.65. The number of ether oxygens (including phenoxy) is 1. The smallest absolute Gasteiger partial charge is 0.192 e. The van der Waals surface area contributed by atoms with Crippen LogP contribution in [0.25, 0.3) is 11.4 Å². The van der Waals surface area contributed by atoms with Crippen LogP contribution in [-0.2, 0) is 6.54 Å². The first-order chi connectivity index (χ1) is 10.3. The lowest BCUT2D eigenvalue weighted by Crippen LogP contribution is -2.01. The fraction of sp³-hybridized carbons (Fsp3) is 0.250. The van der Waals surface area contributed by atoms with E-state index in [4.69, 9.17) is 4.74 Å². The van der Waals surface area contributed by atoms with Gasteiger partial charge in [-0.05, 0) is 19.1 Å². The molecule has 0 saturated heterocycles. The second kappa shape index (κ2) is 7.55. The molecule has 0 spiro atoms. The molecule has 0 aliphatic carbocycles. The van der Waals surface area contributed by atoms with Crippen LogP contribution in [0.1, 0.15) is 6.92 Å². The summed E-state index contributed by atoms with van der Waals surface area (Å²) in [5.41, 5.74) is 0.919. The Bertz CT molecular complexity index is 682. The monoisotopic (exact) mass is 299 g/mol. The maximum Gasteiger partial charge on any atom is 0.192 e. The summed E-state index contributed by atoms with van der Waals surface area (Å²) in [6.07, 6.45) is 1.83. The number of benzene rings is 1. The molecule has 0 atom stereocenters. The number of para-hydroxylation sites is 1. The number of thioether (sulfide) groups is 1. The van der Waals surface area contributed by atoms with E-state index in [1.54, 1.807) is 18.9 Å². The second-order valence-corrected chi connectivity index (χ2v) is 5.06. The number of nitrogens with zero attached hydrogens (tertiary/aromatic N) is 3. The van der Waals surface area contributed by atoms with Crippen LogP contribution in [0.2, 0.25) is 0 Å². The van der Waals surface area contributed by atoms with Gasteiger partial charge < -0.3 is 4.74 Å². The molecule has 0 unspecified atom stereocenters. The van der Waals surface area contributed by atoms with Crippen molar-refractivity contribution in [1.29, 1.82) is 0 Å². The van der Waals surface area contributed by atoms with Gasteiger partial charge in [0.15, 0.2) is 11.0 Å². The van der Waals surface area contributed by atoms with Gasteiger partial charge in [-0.15, -0.1) is 22.7 Å². The minimum Gasteiger partial charge on any atom is -0.496 e. The van der Waals surface area contributed by atoms with Crippen molar-refractivity contribution >= 4 is 11.8 Å². The highest BCUT2D eigenvalue weighted by Crippen LogP contribution is 2.30. The number of aromatic nitrogens is 3. The second-order valence-electron chi connectivity index (χ2n) is 4.12. The Morgan fingerprint density at radius 2 is 2.19 bits per heavy atom. The van der Waals surface area contributed by atoms with Crippen molar-refractivity contribution < 1.29 is 4.74 Å². The van der Waals surface area contributed by atoms with Gasteiger partial charge in [0, 0.05) is 6.54 Å². The van der Waals surface area contributed by atoms with E-state index < -0.39 is 0 Å². The molecular weight excluding hydrogens is 282 g/mol. The van der Waals surface area contributed by atoms with Crippen molar-refractivity contribution in [3.8, 4) is 29.0 Å². The number of hydrogen-bond acceptors (Lipinski definition) is 4. The number of hydrogen-bond donors (Lipinski definition) is 0. The Labute approximate surface area is 129 Å². The molecule has 0 saturated carbocycles. The molecule has 0 N–H and O–H groups in total. The van der Waals surface area contributed by atoms with Gasteiger partial charge in [0.05, 0.1) is 18.4 Å². The first kappa shape index (κ1) is 15.2. The molecule has 21 heavy (non-hydrogen) atoms. The predicted molar refractivity (Wildman–Crippen MR) is 86.4 cm³/mol. The molecule has 0 radical (unpaired) electrons. The van der Waals surface area contributed by atoms with Crippen molar-refractivity contribution in [2.75, 3.05) is 12.9 Å². The lowest BCUT2D eigenvalue weighted by molar-refractivity contribution is 0.416. The lowest BCUT2D eigenvalue weighted by Gasteiger charge is -2.10. The molecule has 0 amide bonds. The van der Waals surface area contributed by atoms with Crippen LogP contribution in [0.5, 0.6) is 5.75 Å². The standard InChI is InChI=1S/C16H17N3OS/c1-4-6-12-21-16-18-17-15(19(16)11-5-2)13-9-7-8-10-14(13)20-3/h5,7-10H,2,11-12H2,1,3H3. The molecule has 2 aromatic rings. The fourth-order valence-electron chi connectivity index (χ4n) is 1.89. The molecule has 0 aliphatic heterocycles. The van der Waals surface area contributed by atoms with Gasteiger partial charge in [-0.1, -0.05) is 35.9 Å². The average molecular weight is 299 g/mol. The average Bonchev–Trinajstić information content (AvgIpc) is 2.91. The Hall–Kier alpha value is -2.19.